The van der Waals surface area contributed by atoms with Gasteiger partial charge in [-0.25, -0.2) is 15.0 Å². The summed E-state index contributed by atoms with van der Waals surface area (Å²) in [4.78, 5) is 57.6. The number of benzene rings is 6. The Hall–Kier alpha value is -12.2. The molecule has 18 rings (SSSR count). The molecule has 0 aliphatic rings. The minimum atomic E-state index is -0.125. The van der Waals surface area contributed by atoms with Gasteiger partial charge in [-0.2, -0.15) is 0 Å². The van der Waals surface area contributed by atoms with E-state index in [-0.39, 0.29) is 94.9 Å². The fourth-order valence-corrected chi connectivity index (χ4v) is 13.7. The van der Waals surface area contributed by atoms with Crippen LogP contribution in [0.5, 0.6) is 0 Å². The standard InChI is InChI=1S/C28H21N2O2.C27H19N2O2.C26H17N2O2.3C5H8O2.3Ir/c1-15-10-16(2)26(17(3)11-15)24-13-19-12-23(29-14-25(19)31-24)22-7-5-6-20-21-9-8-18(4)30-28(21)32-27(20)22;1-15-9-16(2)11-18(10-15)24-13-19-12-23(28-14-25(19)30-24)22-6-4-5-20-21-8-7-17(3)29-27(21)31-26(20)22;1-15-6-9-17(10-7-15)23-13-18-12-22(27-14-24(18)29-23)21-5-3-4-19-20-11-8-16(2)28-26(20)30-25(19)21;3*1-4(6)3-5(2)7;;;/h5-6,8-14H,1-4H3;4-5,7-14H,1-3H3;3-4,6-14H,1-2H3;3*3,6H,1-2H3;;;/q3*-1;;;;;;. The Morgan fingerprint density at radius 3 is 0.974 bits per heavy atom. The van der Waals surface area contributed by atoms with Crippen LogP contribution in [0.4, 0.5) is 0 Å². The van der Waals surface area contributed by atoms with Crippen molar-refractivity contribution in [1.82, 2.24) is 29.9 Å². The smallest absolute Gasteiger partial charge is 0.216 e. The Morgan fingerprint density at radius 1 is 0.333 bits per heavy atom. The number of hydrogen-bond donors (Lipinski definition) is 3. The van der Waals surface area contributed by atoms with Gasteiger partial charge in [0.1, 0.15) is 17.3 Å². The second kappa shape index (κ2) is 37.6. The van der Waals surface area contributed by atoms with Crippen LogP contribution in [0.15, 0.2) is 244 Å². The first-order valence-electron chi connectivity index (χ1n) is 36.8. The van der Waals surface area contributed by atoms with Gasteiger partial charge in [0.15, 0.2) is 34.1 Å². The summed E-state index contributed by atoms with van der Waals surface area (Å²) in [5.41, 5.74) is 24.6. The summed E-state index contributed by atoms with van der Waals surface area (Å²) in [7, 11) is 0. The molecule has 0 unspecified atom stereocenters. The molecule has 0 saturated heterocycles. The van der Waals surface area contributed by atoms with Crippen molar-refractivity contribution in [3.05, 3.63) is 287 Å². The summed E-state index contributed by atoms with van der Waals surface area (Å²) in [6, 6.07) is 65.2. The molecule has 12 aromatic heterocycles. The number of pyridine rings is 6. The molecule has 3 N–H and O–H groups in total. The number of allylic oxidation sites excluding steroid dienone is 6. The van der Waals surface area contributed by atoms with Crippen LogP contribution in [0.1, 0.15) is 92.0 Å². The van der Waals surface area contributed by atoms with Gasteiger partial charge in [-0.15, -0.1) is 54.6 Å². The van der Waals surface area contributed by atoms with E-state index in [2.05, 4.69) is 175 Å². The molecule has 0 bridgehead atoms. The molecule has 6 aromatic carbocycles. The third-order valence-corrected chi connectivity index (χ3v) is 18.3. The summed E-state index contributed by atoms with van der Waals surface area (Å²) in [5, 5.41) is 34.1. The Kier molecular flexibility index (Phi) is 28.0. The first kappa shape index (κ1) is 87.2. The first-order valence-corrected chi connectivity index (χ1v) is 36.8. The molecule has 0 amide bonds. The van der Waals surface area contributed by atoms with Crippen LogP contribution in [0, 0.1) is 80.5 Å². The topological polar surface area (TPSA) is 268 Å². The average Bonchev–Trinajstić information content (AvgIpc) is 1.62. The number of furan rings is 6. The number of aliphatic hydroxyl groups is 3. The van der Waals surface area contributed by atoms with E-state index in [1.165, 1.54) is 93.2 Å². The molecular formula is C96H81Ir3N6O12-3. The van der Waals surface area contributed by atoms with Crippen molar-refractivity contribution in [3.8, 4) is 67.7 Å². The molecule has 0 atom stereocenters. The average molecular weight is 2090 g/mol. The van der Waals surface area contributed by atoms with Gasteiger partial charge in [0.05, 0.1) is 52.6 Å². The summed E-state index contributed by atoms with van der Waals surface area (Å²) >= 11 is 0. The minimum Gasteiger partial charge on any atom is -0.512 e. The van der Waals surface area contributed by atoms with Crippen LogP contribution in [0.2, 0.25) is 0 Å². The largest absolute Gasteiger partial charge is 0.512 e. The van der Waals surface area contributed by atoms with Gasteiger partial charge in [0, 0.05) is 145 Å². The van der Waals surface area contributed by atoms with Crippen molar-refractivity contribution < 1.29 is 117 Å². The van der Waals surface area contributed by atoms with E-state index < -0.39 is 0 Å². The van der Waals surface area contributed by atoms with Gasteiger partial charge < -0.3 is 56.8 Å². The van der Waals surface area contributed by atoms with Crippen molar-refractivity contribution in [2.24, 2.45) is 0 Å². The fourth-order valence-electron chi connectivity index (χ4n) is 13.7. The van der Waals surface area contributed by atoms with Crippen molar-refractivity contribution >= 4 is 116 Å². The predicted octanol–water partition coefficient (Wildman–Crippen LogP) is 24.6. The maximum absolute atomic E-state index is 10.0. The second-order valence-corrected chi connectivity index (χ2v) is 28.4. The molecule has 0 aliphatic heterocycles. The van der Waals surface area contributed by atoms with Crippen molar-refractivity contribution in [2.45, 2.75) is 104 Å². The van der Waals surface area contributed by atoms with Crippen molar-refractivity contribution in [1.29, 1.82) is 0 Å². The number of carbonyl (C=O) groups is 3. The van der Waals surface area contributed by atoms with Crippen LogP contribution < -0.4 is 0 Å². The minimum absolute atomic E-state index is 0. The van der Waals surface area contributed by atoms with Crippen molar-refractivity contribution in [2.75, 3.05) is 0 Å². The first-order chi connectivity index (χ1) is 54.6. The second-order valence-electron chi connectivity index (χ2n) is 28.4. The van der Waals surface area contributed by atoms with Gasteiger partial charge in [-0.05, 0) is 199 Å². The number of ketones is 3. The number of fused-ring (bicyclic) bond motifs is 12. The Labute approximate surface area is 715 Å². The van der Waals surface area contributed by atoms with E-state index in [0.717, 1.165) is 167 Å². The molecular weight excluding hydrogens is 2010 g/mol. The van der Waals surface area contributed by atoms with E-state index in [1.807, 2.05) is 99.6 Å². The van der Waals surface area contributed by atoms with Crippen LogP contribution in [-0.2, 0) is 74.7 Å². The zero-order valence-corrected chi connectivity index (χ0v) is 73.9. The Balaban J connectivity index is 0.000000163. The maximum Gasteiger partial charge on any atom is 0.216 e. The van der Waals surface area contributed by atoms with Gasteiger partial charge in [-0.3, -0.25) is 14.4 Å². The number of aliphatic hydroxyl groups excluding tert-OH is 3. The van der Waals surface area contributed by atoms with E-state index in [1.54, 1.807) is 18.6 Å². The molecule has 12 heterocycles. The third-order valence-electron chi connectivity index (χ3n) is 18.3. The number of aryl methyl sites for hydroxylation is 9. The number of nitrogens with zero attached hydrogens (tertiary/aromatic N) is 6. The summed E-state index contributed by atoms with van der Waals surface area (Å²) in [6.07, 6.45) is 8.82. The van der Waals surface area contributed by atoms with Gasteiger partial charge in [-0.1, -0.05) is 116 Å². The van der Waals surface area contributed by atoms with Crippen LogP contribution >= 0.6 is 0 Å². The van der Waals surface area contributed by atoms with E-state index in [4.69, 9.17) is 41.8 Å². The summed E-state index contributed by atoms with van der Waals surface area (Å²) in [5.74, 6) is 2.34. The Bertz CT molecular complexity index is 6750. The molecule has 0 aliphatic carbocycles. The van der Waals surface area contributed by atoms with Gasteiger partial charge >= 0.3 is 0 Å². The molecule has 3 radical (unpaired) electrons. The molecule has 0 fully saturated rings. The van der Waals surface area contributed by atoms with Crippen LogP contribution in [-0.4, -0.2) is 62.6 Å². The predicted molar refractivity (Wildman–Crippen MR) is 450 cm³/mol. The number of carbonyl (C=O) groups excluding carboxylic acids is 3. The molecule has 597 valence electrons. The quantitative estimate of drug-likeness (QED) is 0.0688. The third kappa shape index (κ3) is 20.4. The fraction of sp³-hybridized carbons (Fsp3) is 0.156. The van der Waals surface area contributed by atoms with E-state index in [0.29, 0.717) is 17.1 Å². The van der Waals surface area contributed by atoms with E-state index in [9.17, 15) is 14.4 Å². The van der Waals surface area contributed by atoms with E-state index >= 15 is 0 Å². The summed E-state index contributed by atoms with van der Waals surface area (Å²) in [6.45, 7) is 27.1. The Morgan fingerprint density at radius 2 is 0.650 bits per heavy atom. The van der Waals surface area contributed by atoms with Crippen LogP contribution in [0.25, 0.3) is 167 Å². The summed E-state index contributed by atoms with van der Waals surface area (Å²) < 4.78 is 36.7. The normalized spacial score (nSPS) is 11.4. The van der Waals surface area contributed by atoms with Gasteiger partial charge in [0.25, 0.3) is 0 Å². The molecule has 0 spiro atoms. The molecule has 18 aromatic rings. The van der Waals surface area contributed by atoms with Crippen molar-refractivity contribution in [3.63, 3.8) is 0 Å². The number of rotatable bonds is 9. The zero-order chi connectivity index (χ0) is 80.9. The molecule has 18 nitrogen and oxygen atoms in total. The monoisotopic (exact) mass is 2090 g/mol. The SMILES string of the molecule is CC(=O)C=C(C)O.CC(=O)C=C(C)O.CC(=O)C=C(C)O.Cc1cc(C)c(-c2cc3cc(-c4[c-]ccc5c4oc4nc(C)ccc45)ncc3o2)c(C)c1.Cc1cc(C)cc(-c2cc3cc(-c4[c-]ccc5c4oc4nc(C)ccc45)ncc3o2)c1.Cc1ccc(-c2cc3cc(-c4[c-]ccc5c4oc4nc(C)ccc45)ncc3o2)cc1.[Ir].[Ir].[Ir]. The van der Waals surface area contributed by atoms with Gasteiger partial charge in [0.2, 0.25) is 17.1 Å². The zero-order valence-electron chi connectivity index (χ0n) is 66.8. The number of hydrogen-bond acceptors (Lipinski definition) is 18. The molecule has 117 heavy (non-hydrogen) atoms. The maximum atomic E-state index is 10.0. The van der Waals surface area contributed by atoms with Crippen LogP contribution in [0.3, 0.4) is 0 Å². The molecule has 0 saturated carbocycles. The molecule has 21 heteroatoms. The number of aromatic nitrogens is 6.